The zero-order valence-electron chi connectivity index (χ0n) is 12.9. The van der Waals surface area contributed by atoms with Gasteiger partial charge in [-0.25, -0.2) is 9.59 Å². The first-order valence-corrected chi connectivity index (χ1v) is 7.75. The Morgan fingerprint density at radius 2 is 2.05 bits per heavy atom. The molecule has 1 unspecified atom stereocenters. The molecule has 1 aliphatic heterocycles. The molecule has 1 rings (SSSR count). The van der Waals surface area contributed by atoms with Crippen LogP contribution in [0.4, 0.5) is 0 Å². The fourth-order valence-corrected chi connectivity index (χ4v) is 2.23. The number of nitrogens with one attached hydrogen (secondary N) is 1. The van der Waals surface area contributed by atoms with Crippen LogP contribution in [0.5, 0.6) is 0 Å². The summed E-state index contributed by atoms with van der Waals surface area (Å²) in [6, 6.07) is -0.634. The van der Waals surface area contributed by atoms with E-state index in [4.69, 9.17) is 9.47 Å². The number of amides is 1. The van der Waals surface area contributed by atoms with Crippen molar-refractivity contribution in [2.75, 3.05) is 6.61 Å². The third kappa shape index (κ3) is 6.14. The standard InChI is InChI=1S/C15H25NO5/c1-3-5-6-7-8-12(15(19)20-4-2)21-14(18)11-9-10-13(17)16-11/h11-12H,3-10H2,1-2H3,(H,16,17)/t11-,12?/m0/s1. The molecule has 1 saturated heterocycles. The molecule has 1 N–H and O–H groups in total. The molecule has 0 aromatic rings. The molecule has 1 fully saturated rings. The van der Waals surface area contributed by atoms with Crippen LogP contribution in [0.1, 0.15) is 58.8 Å². The van der Waals surface area contributed by atoms with E-state index in [-0.39, 0.29) is 12.5 Å². The van der Waals surface area contributed by atoms with E-state index in [9.17, 15) is 14.4 Å². The lowest BCUT2D eigenvalue weighted by Crippen LogP contribution is -2.39. The van der Waals surface area contributed by atoms with Crippen molar-refractivity contribution < 1.29 is 23.9 Å². The number of hydrogen-bond acceptors (Lipinski definition) is 5. The van der Waals surface area contributed by atoms with Crippen molar-refractivity contribution in [1.82, 2.24) is 5.32 Å². The van der Waals surface area contributed by atoms with Gasteiger partial charge in [-0.15, -0.1) is 0 Å². The summed E-state index contributed by atoms with van der Waals surface area (Å²) in [6.45, 7) is 4.07. The van der Waals surface area contributed by atoms with Gasteiger partial charge in [0.2, 0.25) is 5.91 Å². The number of hydrogen-bond donors (Lipinski definition) is 1. The van der Waals surface area contributed by atoms with Crippen LogP contribution in [-0.2, 0) is 23.9 Å². The molecule has 120 valence electrons. The number of carbonyl (C=O) groups is 3. The summed E-state index contributed by atoms with van der Waals surface area (Å²) < 4.78 is 10.2. The van der Waals surface area contributed by atoms with Gasteiger partial charge in [0, 0.05) is 6.42 Å². The quantitative estimate of drug-likeness (QED) is 0.518. The molecular weight excluding hydrogens is 274 g/mol. The fraction of sp³-hybridized carbons (Fsp3) is 0.800. The number of carbonyl (C=O) groups excluding carboxylic acids is 3. The average Bonchev–Trinajstić information content (AvgIpc) is 2.89. The first-order valence-electron chi connectivity index (χ1n) is 7.75. The van der Waals surface area contributed by atoms with Crippen LogP contribution >= 0.6 is 0 Å². The zero-order valence-corrected chi connectivity index (χ0v) is 12.9. The minimum atomic E-state index is -0.869. The predicted octanol–water partition coefficient (Wildman–Crippen LogP) is 1.71. The molecule has 0 radical (unpaired) electrons. The highest BCUT2D eigenvalue weighted by Crippen LogP contribution is 2.14. The highest BCUT2D eigenvalue weighted by Gasteiger charge is 2.32. The van der Waals surface area contributed by atoms with E-state index in [1.54, 1.807) is 6.92 Å². The fourth-order valence-electron chi connectivity index (χ4n) is 2.23. The molecule has 0 aromatic carbocycles. The molecule has 0 saturated carbocycles. The second-order valence-corrected chi connectivity index (χ2v) is 5.19. The number of unbranched alkanes of at least 4 members (excludes halogenated alkanes) is 3. The van der Waals surface area contributed by atoms with Crippen molar-refractivity contribution in [3.63, 3.8) is 0 Å². The van der Waals surface area contributed by atoms with E-state index in [1.165, 1.54) is 0 Å². The molecule has 1 heterocycles. The Morgan fingerprint density at radius 3 is 2.62 bits per heavy atom. The number of rotatable bonds is 9. The molecule has 0 spiro atoms. The van der Waals surface area contributed by atoms with Crippen molar-refractivity contribution in [3.8, 4) is 0 Å². The summed E-state index contributed by atoms with van der Waals surface area (Å²) in [7, 11) is 0. The highest BCUT2D eigenvalue weighted by atomic mass is 16.6. The van der Waals surface area contributed by atoms with Crippen molar-refractivity contribution >= 4 is 17.8 Å². The summed E-state index contributed by atoms with van der Waals surface area (Å²) in [6.07, 6.45) is 4.31. The van der Waals surface area contributed by atoms with Crippen molar-refractivity contribution in [3.05, 3.63) is 0 Å². The predicted molar refractivity (Wildman–Crippen MR) is 76.4 cm³/mol. The van der Waals surface area contributed by atoms with Gasteiger partial charge in [-0.3, -0.25) is 4.79 Å². The van der Waals surface area contributed by atoms with E-state index in [0.29, 0.717) is 19.3 Å². The highest BCUT2D eigenvalue weighted by molar-refractivity contribution is 5.89. The molecule has 0 aliphatic carbocycles. The minimum absolute atomic E-state index is 0.160. The Balaban J connectivity index is 2.48. The smallest absolute Gasteiger partial charge is 0.347 e. The lowest BCUT2D eigenvalue weighted by atomic mass is 10.1. The molecule has 6 heteroatoms. The third-order valence-electron chi connectivity index (χ3n) is 3.41. The van der Waals surface area contributed by atoms with Crippen molar-refractivity contribution in [1.29, 1.82) is 0 Å². The number of ether oxygens (including phenoxy) is 2. The Morgan fingerprint density at radius 1 is 1.29 bits per heavy atom. The first-order chi connectivity index (χ1) is 10.1. The van der Waals surface area contributed by atoms with Gasteiger partial charge in [0.15, 0.2) is 6.10 Å². The van der Waals surface area contributed by atoms with Gasteiger partial charge >= 0.3 is 11.9 Å². The molecule has 1 amide bonds. The summed E-state index contributed by atoms with van der Waals surface area (Å²) in [5.74, 6) is -1.21. The Labute approximate surface area is 125 Å². The van der Waals surface area contributed by atoms with Gasteiger partial charge in [-0.2, -0.15) is 0 Å². The molecule has 21 heavy (non-hydrogen) atoms. The van der Waals surface area contributed by atoms with E-state index in [1.807, 2.05) is 0 Å². The maximum atomic E-state index is 12.0. The largest absolute Gasteiger partial charge is 0.463 e. The molecule has 1 aliphatic rings. The van der Waals surface area contributed by atoms with Gasteiger partial charge < -0.3 is 14.8 Å². The van der Waals surface area contributed by atoms with Gasteiger partial charge in [-0.1, -0.05) is 26.2 Å². The van der Waals surface area contributed by atoms with Crippen molar-refractivity contribution in [2.45, 2.75) is 70.9 Å². The Hall–Kier alpha value is -1.59. The minimum Gasteiger partial charge on any atom is -0.463 e. The Bertz CT molecular complexity index is 369. The molecule has 2 atom stereocenters. The van der Waals surface area contributed by atoms with Gasteiger partial charge in [0.25, 0.3) is 0 Å². The summed E-state index contributed by atoms with van der Waals surface area (Å²) in [5, 5.41) is 2.54. The van der Waals surface area contributed by atoms with E-state index in [0.717, 1.165) is 25.7 Å². The monoisotopic (exact) mass is 299 g/mol. The lowest BCUT2D eigenvalue weighted by Gasteiger charge is -2.18. The van der Waals surface area contributed by atoms with Crippen LogP contribution in [0, 0.1) is 0 Å². The van der Waals surface area contributed by atoms with E-state index < -0.39 is 24.1 Å². The maximum absolute atomic E-state index is 12.0. The molecule has 0 bridgehead atoms. The summed E-state index contributed by atoms with van der Waals surface area (Å²) >= 11 is 0. The topological polar surface area (TPSA) is 81.7 Å². The van der Waals surface area contributed by atoms with Crippen LogP contribution < -0.4 is 5.32 Å². The lowest BCUT2D eigenvalue weighted by molar-refractivity contribution is -0.169. The molecule has 6 nitrogen and oxygen atoms in total. The Kier molecular flexibility index (Phi) is 7.79. The van der Waals surface area contributed by atoms with Crippen LogP contribution in [-0.4, -0.2) is 36.6 Å². The summed E-state index contributed by atoms with van der Waals surface area (Å²) in [5.41, 5.74) is 0. The van der Waals surface area contributed by atoms with Crippen LogP contribution in [0.15, 0.2) is 0 Å². The van der Waals surface area contributed by atoms with Crippen LogP contribution in [0.2, 0.25) is 0 Å². The van der Waals surface area contributed by atoms with Crippen molar-refractivity contribution in [2.24, 2.45) is 0 Å². The SMILES string of the molecule is CCCCCCC(OC(=O)[C@@H]1CCC(=O)N1)C(=O)OCC. The van der Waals surface area contributed by atoms with E-state index in [2.05, 4.69) is 12.2 Å². The second kappa shape index (κ2) is 9.37. The third-order valence-corrected chi connectivity index (χ3v) is 3.41. The first kappa shape index (κ1) is 17.5. The van der Waals surface area contributed by atoms with Crippen LogP contribution in [0.25, 0.3) is 0 Å². The maximum Gasteiger partial charge on any atom is 0.347 e. The van der Waals surface area contributed by atoms with Crippen LogP contribution in [0.3, 0.4) is 0 Å². The zero-order chi connectivity index (χ0) is 15.7. The normalized spacial score (nSPS) is 19.0. The molecule has 0 aromatic heterocycles. The average molecular weight is 299 g/mol. The van der Waals surface area contributed by atoms with Gasteiger partial charge in [-0.05, 0) is 26.2 Å². The molecular formula is C15H25NO5. The van der Waals surface area contributed by atoms with E-state index >= 15 is 0 Å². The number of esters is 2. The second-order valence-electron chi connectivity index (χ2n) is 5.19. The van der Waals surface area contributed by atoms with Gasteiger partial charge in [0.05, 0.1) is 6.61 Å². The summed E-state index contributed by atoms with van der Waals surface area (Å²) in [4.78, 5) is 34.9. The van der Waals surface area contributed by atoms with Gasteiger partial charge in [0.1, 0.15) is 6.04 Å².